The number of hydrogen-bond acceptors (Lipinski definition) is 7. The van der Waals surface area contributed by atoms with Crippen molar-refractivity contribution < 1.29 is 14.3 Å². The lowest BCUT2D eigenvalue weighted by atomic mass is 10.0. The van der Waals surface area contributed by atoms with Crippen molar-refractivity contribution in [3.05, 3.63) is 72.2 Å². The maximum atomic E-state index is 13.4. The Labute approximate surface area is 186 Å². The Morgan fingerprint density at radius 2 is 1.75 bits per heavy atom. The van der Waals surface area contributed by atoms with Crippen molar-refractivity contribution in [3.8, 4) is 22.9 Å². The number of carbonyl (C=O) groups excluding carboxylic acids is 1. The number of nitrogens with zero attached hydrogens (tertiary/aromatic N) is 5. The second-order valence-corrected chi connectivity index (χ2v) is 7.76. The molecule has 0 radical (unpaired) electrons. The number of carbonyl (C=O) groups is 1. The lowest BCUT2D eigenvalue weighted by Gasteiger charge is -2.21. The van der Waals surface area contributed by atoms with E-state index in [-0.39, 0.29) is 11.8 Å². The molecule has 1 saturated heterocycles. The van der Waals surface area contributed by atoms with Crippen LogP contribution in [-0.2, 0) is 0 Å². The summed E-state index contributed by atoms with van der Waals surface area (Å²) >= 11 is 0. The zero-order valence-corrected chi connectivity index (χ0v) is 17.9. The Balaban J connectivity index is 1.36. The molecule has 0 bridgehead atoms. The van der Waals surface area contributed by atoms with Crippen LogP contribution in [0.5, 0.6) is 11.8 Å². The summed E-state index contributed by atoms with van der Waals surface area (Å²) in [6, 6.07) is 15.3. The molecular weight excluding hydrogens is 406 g/mol. The molecule has 1 unspecified atom stereocenters. The van der Waals surface area contributed by atoms with Crippen molar-refractivity contribution in [2.75, 3.05) is 38.8 Å². The van der Waals surface area contributed by atoms with Crippen molar-refractivity contribution in [3.63, 3.8) is 0 Å². The molecule has 8 nitrogen and oxygen atoms in total. The van der Waals surface area contributed by atoms with Crippen LogP contribution < -0.4 is 14.4 Å². The van der Waals surface area contributed by atoms with E-state index in [1.807, 2.05) is 58.5 Å². The number of fused-ring (bicyclic) bond motifs is 1. The minimum absolute atomic E-state index is 0.0504. The summed E-state index contributed by atoms with van der Waals surface area (Å²) in [7, 11) is 3.13. The molecule has 5 rings (SSSR count). The monoisotopic (exact) mass is 429 g/mol. The van der Waals surface area contributed by atoms with Crippen LogP contribution in [0.4, 0.5) is 5.95 Å². The third kappa shape index (κ3) is 3.64. The van der Waals surface area contributed by atoms with Crippen LogP contribution in [0.15, 0.2) is 66.5 Å². The van der Waals surface area contributed by atoms with E-state index in [2.05, 4.69) is 15.0 Å². The smallest absolute Gasteiger partial charge is 0.273 e. The maximum Gasteiger partial charge on any atom is 0.273 e. The Hall–Kier alpha value is -3.94. The van der Waals surface area contributed by atoms with Crippen LogP contribution in [0, 0.1) is 5.92 Å². The lowest BCUT2D eigenvalue weighted by Crippen LogP contribution is -2.32. The molecule has 1 aromatic carbocycles. The van der Waals surface area contributed by atoms with Crippen LogP contribution in [0.25, 0.3) is 11.1 Å². The van der Waals surface area contributed by atoms with Crippen LogP contribution >= 0.6 is 0 Å². The Morgan fingerprint density at radius 3 is 2.44 bits per heavy atom. The quantitative estimate of drug-likeness (QED) is 0.617. The van der Waals surface area contributed by atoms with E-state index in [1.165, 1.54) is 5.57 Å². The van der Waals surface area contributed by atoms with Gasteiger partial charge >= 0.3 is 0 Å². The van der Waals surface area contributed by atoms with E-state index < -0.39 is 0 Å². The molecule has 0 spiro atoms. The van der Waals surface area contributed by atoms with Gasteiger partial charge in [-0.3, -0.25) is 9.78 Å². The Morgan fingerprint density at radius 1 is 1.00 bits per heavy atom. The second kappa shape index (κ2) is 8.30. The van der Waals surface area contributed by atoms with Crippen LogP contribution in [-0.4, -0.2) is 59.6 Å². The normalized spacial score (nSPS) is 17.2. The zero-order valence-electron chi connectivity index (χ0n) is 17.9. The summed E-state index contributed by atoms with van der Waals surface area (Å²) in [5.41, 5.74) is 3.50. The molecule has 2 aliphatic rings. The SMILES string of the molecule is COc1cc(OC)nc(N2C=C3CN(C(=O)c4ncccc4-c4ccccc4)CC3C2)n1. The van der Waals surface area contributed by atoms with Crippen molar-refractivity contribution in [2.45, 2.75) is 0 Å². The number of amides is 1. The van der Waals surface area contributed by atoms with Gasteiger partial charge in [0, 0.05) is 43.5 Å². The van der Waals surface area contributed by atoms with E-state index in [0.717, 1.165) is 11.1 Å². The molecule has 162 valence electrons. The van der Waals surface area contributed by atoms with E-state index >= 15 is 0 Å². The first-order valence-electron chi connectivity index (χ1n) is 10.4. The first-order chi connectivity index (χ1) is 15.7. The van der Waals surface area contributed by atoms with Gasteiger partial charge in [-0.05, 0) is 17.2 Å². The van der Waals surface area contributed by atoms with Crippen molar-refractivity contribution in [2.24, 2.45) is 5.92 Å². The van der Waals surface area contributed by atoms with Crippen LogP contribution in [0.2, 0.25) is 0 Å². The minimum atomic E-state index is -0.0504. The largest absolute Gasteiger partial charge is 0.481 e. The van der Waals surface area contributed by atoms with Gasteiger partial charge in [-0.15, -0.1) is 0 Å². The van der Waals surface area contributed by atoms with Crippen molar-refractivity contribution in [1.29, 1.82) is 0 Å². The van der Waals surface area contributed by atoms with E-state index in [0.29, 0.717) is 43.0 Å². The molecule has 1 atom stereocenters. The summed E-state index contributed by atoms with van der Waals surface area (Å²) in [5, 5.41) is 0. The highest BCUT2D eigenvalue weighted by atomic mass is 16.5. The fourth-order valence-electron chi connectivity index (χ4n) is 4.21. The number of anilines is 1. The fourth-order valence-corrected chi connectivity index (χ4v) is 4.21. The van der Waals surface area contributed by atoms with Gasteiger partial charge in [-0.2, -0.15) is 9.97 Å². The average Bonchev–Trinajstić information content (AvgIpc) is 3.43. The molecule has 2 aliphatic heterocycles. The van der Waals surface area contributed by atoms with E-state index in [1.54, 1.807) is 26.5 Å². The van der Waals surface area contributed by atoms with Gasteiger partial charge in [-0.1, -0.05) is 36.4 Å². The first-order valence-corrected chi connectivity index (χ1v) is 10.4. The molecule has 1 amide bonds. The van der Waals surface area contributed by atoms with Gasteiger partial charge in [0.05, 0.1) is 20.3 Å². The van der Waals surface area contributed by atoms with E-state index in [4.69, 9.17) is 9.47 Å². The van der Waals surface area contributed by atoms with Gasteiger partial charge in [0.15, 0.2) is 0 Å². The molecule has 1 fully saturated rings. The number of benzene rings is 1. The Kier molecular flexibility index (Phi) is 5.18. The van der Waals surface area contributed by atoms with Crippen LogP contribution in [0.3, 0.4) is 0 Å². The number of pyridine rings is 1. The molecular formula is C24H23N5O3. The average molecular weight is 429 g/mol. The fraction of sp³-hybridized carbons (Fsp3) is 0.250. The number of ether oxygens (including phenoxy) is 2. The molecule has 32 heavy (non-hydrogen) atoms. The molecule has 3 aromatic rings. The topological polar surface area (TPSA) is 80.7 Å². The molecule has 8 heteroatoms. The number of rotatable bonds is 5. The molecule has 2 aromatic heterocycles. The van der Waals surface area contributed by atoms with Gasteiger partial charge in [-0.25, -0.2) is 0 Å². The summed E-state index contributed by atoms with van der Waals surface area (Å²) < 4.78 is 10.5. The second-order valence-electron chi connectivity index (χ2n) is 7.76. The standard InChI is InChI=1S/C24H23N5O3/c1-31-20-11-21(32-2)27-24(26-20)29-14-17-12-28(13-18(17)15-29)23(30)22-19(9-6-10-25-22)16-7-4-3-5-8-16/h3-11,14,18H,12-13,15H2,1-2H3. The summed E-state index contributed by atoms with van der Waals surface area (Å²) in [6.07, 6.45) is 3.70. The van der Waals surface area contributed by atoms with Gasteiger partial charge < -0.3 is 19.3 Å². The van der Waals surface area contributed by atoms with Gasteiger partial charge in [0.25, 0.3) is 5.91 Å². The highest BCUT2D eigenvalue weighted by Crippen LogP contribution is 2.34. The predicted molar refractivity (Wildman–Crippen MR) is 120 cm³/mol. The highest BCUT2D eigenvalue weighted by Gasteiger charge is 2.37. The number of likely N-dealkylation sites (tertiary alicyclic amines) is 1. The third-order valence-electron chi connectivity index (χ3n) is 5.80. The maximum absolute atomic E-state index is 13.4. The molecule has 0 saturated carbocycles. The molecule has 4 heterocycles. The Bertz CT molecular complexity index is 1160. The third-order valence-corrected chi connectivity index (χ3v) is 5.80. The van der Waals surface area contributed by atoms with E-state index in [9.17, 15) is 4.79 Å². The first kappa shape index (κ1) is 20.0. The van der Waals surface area contributed by atoms with Crippen molar-refractivity contribution in [1.82, 2.24) is 19.9 Å². The predicted octanol–water partition coefficient (Wildman–Crippen LogP) is 3.03. The number of aromatic nitrogens is 3. The zero-order chi connectivity index (χ0) is 22.1. The number of methoxy groups -OCH3 is 2. The summed E-state index contributed by atoms with van der Waals surface area (Å²) in [5.74, 6) is 1.59. The van der Waals surface area contributed by atoms with Gasteiger partial charge in [0.1, 0.15) is 5.69 Å². The highest BCUT2D eigenvalue weighted by molar-refractivity contribution is 5.99. The summed E-state index contributed by atoms with van der Waals surface area (Å²) in [6.45, 7) is 1.89. The van der Waals surface area contributed by atoms with Crippen LogP contribution in [0.1, 0.15) is 10.5 Å². The summed E-state index contributed by atoms with van der Waals surface area (Å²) in [4.78, 5) is 30.5. The minimum Gasteiger partial charge on any atom is -0.481 e. The number of hydrogen-bond donors (Lipinski definition) is 0. The van der Waals surface area contributed by atoms with Crippen molar-refractivity contribution >= 4 is 11.9 Å². The molecule has 0 N–H and O–H groups in total. The molecule has 0 aliphatic carbocycles. The lowest BCUT2D eigenvalue weighted by molar-refractivity contribution is 0.0784. The van der Waals surface area contributed by atoms with Gasteiger partial charge in [0.2, 0.25) is 17.7 Å².